The van der Waals surface area contributed by atoms with Gasteiger partial charge in [-0.3, -0.25) is 9.59 Å². The van der Waals surface area contributed by atoms with Crippen molar-refractivity contribution >= 4 is 29.1 Å². The molecule has 0 bridgehead atoms. The maximum atomic E-state index is 12.5. The van der Waals surface area contributed by atoms with E-state index >= 15 is 0 Å². The minimum atomic E-state index is -0.377. The van der Waals surface area contributed by atoms with E-state index in [2.05, 4.69) is 16.0 Å². The maximum absolute atomic E-state index is 12.5. The number of rotatable bonds is 3. The third-order valence-electron chi connectivity index (χ3n) is 3.95. The van der Waals surface area contributed by atoms with Gasteiger partial charge in [0, 0.05) is 18.2 Å². The molecule has 1 fully saturated rings. The van der Waals surface area contributed by atoms with Crippen LogP contribution in [0.2, 0.25) is 5.02 Å². The number of carbonyl (C=O) groups is 2. The quantitative estimate of drug-likeness (QED) is 0.800. The van der Waals surface area contributed by atoms with Gasteiger partial charge in [-0.2, -0.15) is 0 Å². The third-order valence-corrected chi connectivity index (χ3v) is 4.28. The first kappa shape index (κ1) is 15.8. The van der Waals surface area contributed by atoms with Crippen LogP contribution >= 0.6 is 11.6 Å². The minimum Gasteiger partial charge on any atom is -0.355 e. The highest BCUT2D eigenvalue weighted by Crippen LogP contribution is 2.30. The van der Waals surface area contributed by atoms with Gasteiger partial charge in [-0.1, -0.05) is 18.5 Å². The second-order valence-corrected chi connectivity index (χ2v) is 5.95. The van der Waals surface area contributed by atoms with E-state index in [4.69, 9.17) is 11.6 Å². The number of nitrogens with one attached hydrogen (secondary N) is 3. The molecule has 0 aromatic heterocycles. The SMILES string of the molecule is CNC(=O)c1cc(NC(=O)C2(C)CCNCC2)ccc1Cl. The molecule has 1 aliphatic rings. The fourth-order valence-corrected chi connectivity index (χ4v) is 2.60. The molecule has 0 spiro atoms. The Morgan fingerprint density at radius 3 is 2.57 bits per heavy atom. The Balaban J connectivity index is 2.16. The predicted molar refractivity (Wildman–Crippen MR) is 83.7 cm³/mol. The number of halogens is 1. The van der Waals surface area contributed by atoms with Crippen molar-refractivity contribution in [3.05, 3.63) is 28.8 Å². The Morgan fingerprint density at radius 1 is 1.29 bits per heavy atom. The van der Waals surface area contributed by atoms with Crippen LogP contribution < -0.4 is 16.0 Å². The van der Waals surface area contributed by atoms with Crippen LogP contribution in [-0.4, -0.2) is 32.0 Å². The molecule has 0 unspecified atom stereocenters. The fourth-order valence-electron chi connectivity index (χ4n) is 2.40. The minimum absolute atomic E-state index is 0.0193. The molecule has 1 aliphatic heterocycles. The van der Waals surface area contributed by atoms with Crippen molar-refractivity contribution in [1.29, 1.82) is 0 Å². The summed E-state index contributed by atoms with van der Waals surface area (Å²) in [6, 6.07) is 4.92. The zero-order valence-electron chi connectivity index (χ0n) is 12.3. The smallest absolute Gasteiger partial charge is 0.252 e. The van der Waals surface area contributed by atoms with Gasteiger partial charge in [0.2, 0.25) is 5.91 Å². The molecule has 114 valence electrons. The van der Waals surface area contributed by atoms with Crippen LogP contribution in [0.1, 0.15) is 30.1 Å². The van der Waals surface area contributed by atoms with Crippen molar-refractivity contribution < 1.29 is 9.59 Å². The summed E-state index contributed by atoms with van der Waals surface area (Å²) in [5, 5.41) is 9.03. The van der Waals surface area contributed by atoms with Gasteiger partial charge in [-0.25, -0.2) is 0 Å². The summed E-state index contributed by atoms with van der Waals surface area (Å²) >= 11 is 6.00. The highest BCUT2D eigenvalue weighted by molar-refractivity contribution is 6.34. The highest BCUT2D eigenvalue weighted by Gasteiger charge is 2.34. The summed E-state index contributed by atoms with van der Waals surface area (Å²) in [6.45, 7) is 3.65. The van der Waals surface area contributed by atoms with Gasteiger partial charge >= 0.3 is 0 Å². The van der Waals surface area contributed by atoms with E-state index in [1.54, 1.807) is 25.2 Å². The average Bonchev–Trinajstić information content (AvgIpc) is 2.49. The van der Waals surface area contributed by atoms with Gasteiger partial charge in [0.1, 0.15) is 0 Å². The Morgan fingerprint density at radius 2 is 1.95 bits per heavy atom. The normalized spacial score (nSPS) is 17.1. The molecule has 0 saturated carbocycles. The van der Waals surface area contributed by atoms with E-state index in [0.717, 1.165) is 25.9 Å². The third kappa shape index (κ3) is 3.54. The standard InChI is InChI=1S/C15H20ClN3O2/c1-15(5-7-18-8-6-15)14(21)19-10-3-4-12(16)11(9-10)13(20)17-2/h3-4,9,18H,5-8H2,1-2H3,(H,17,20)(H,19,21). The number of hydrogen-bond donors (Lipinski definition) is 3. The van der Waals surface area contributed by atoms with Crippen LogP contribution in [0.5, 0.6) is 0 Å². The Kier molecular flexibility index (Phi) is 4.85. The van der Waals surface area contributed by atoms with Gasteiger partial charge < -0.3 is 16.0 Å². The molecule has 2 amide bonds. The number of amides is 2. The molecular formula is C15H20ClN3O2. The van der Waals surface area contributed by atoms with Gasteiger partial charge in [0.05, 0.1) is 10.6 Å². The Hall–Kier alpha value is -1.59. The molecule has 21 heavy (non-hydrogen) atoms. The van der Waals surface area contributed by atoms with E-state index < -0.39 is 0 Å². The molecule has 1 saturated heterocycles. The summed E-state index contributed by atoms with van der Waals surface area (Å²) in [7, 11) is 1.54. The van der Waals surface area contributed by atoms with E-state index in [1.807, 2.05) is 6.92 Å². The molecule has 2 rings (SSSR count). The summed E-state index contributed by atoms with van der Waals surface area (Å²) in [6.07, 6.45) is 1.60. The van der Waals surface area contributed by atoms with E-state index in [1.165, 1.54) is 0 Å². The van der Waals surface area contributed by atoms with Crippen LogP contribution in [0.4, 0.5) is 5.69 Å². The average molecular weight is 310 g/mol. The highest BCUT2D eigenvalue weighted by atomic mass is 35.5. The lowest BCUT2D eigenvalue weighted by molar-refractivity contribution is -0.126. The summed E-state index contributed by atoms with van der Waals surface area (Å²) in [5.74, 6) is -0.293. The molecule has 1 aromatic carbocycles. The molecule has 6 heteroatoms. The molecule has 3 N–H and O–H groups in total. The number of hydrogen-bond acceptors (Lipinski definition) is 3. The fraction of sp³-hybridized carbons (Fsp3) is 0.467. The van der Waals surface area contributed by atoms with Gasteiger partial charge in [-0.05, 0) is 44.1 Å². The molecule has 1 heterocycles. The molecule has 5 nitrogen and oxygen atoms in total. The number of benzene rings is 1. The van der Waals surface area contributed by atoms with E-state index in [9.17, 15) is 9.59 Å². The zero-order chi connectivity index (χ0) is 15.5. The van der Waals surface area contributed by atoms with Gasteiger partial charge in [-0.15, -0.1) is 0 Å². The van der Waals surface area contributed by atoms with Crippen molar-refractivity contribution in [2.75, 3.05) is 25.5 Å². The van der Waals surface area contributed by atoms with Crippen molar-refractivity contribution in [3.8, 4) is 0 Å². The molecule has 1 aromatic rings. The predicted octanol–water partition coefficient (Wildman–Crippen LogP) is 2.03. The summed E-state index contributed by atoms with van der Waals surface area (Å²) in [4.78, 5) is 24.2. The lowest BCUT2D eigenvalue weighted by Crippen LogP contribution is -2.42. The molecule has 0 radical (unpaired) electrons. The van der Waals surface area contributed by atoms with Crippen molar-refractivity contribution in [2.24, 2.45) is 5.41 Å². The largest absolute Gasteiger partial charge is 0.355 e. The van der Waals surface area contributed by atoms with Crippen molar-refractivity contribution in [1.82, 2.24) is 10.6 Å². The monoisotopic (exact) mass is 309 g/mol. The Labute approximate surface area is 129 Å². The molecular weight excluding hydrogens is 290 g/mol. The Bertz CT molecular complexity index is 554. The zero-order valence-corrected chi connectivity index (χ0v) is 13.0. The summed E-state index contributed by atoms with van der Waals surface area (Å²) < 4.78 is 0. The number of carbonyl (C=O) groups excluding carboxylic acids is 2. The van der Waals surface area contributed by atoms with Crippen LogP contribution in [0.3, 0.4) is 0 Å². The van der Waals surface area contributed by atoms with E-state index in [-0.39, 0.29) is 17.2 Å². The lowest BCUT2D eigenvalue weighted by Gasteiger charge is -2.32. The second kappa shape index (κ2) is 6.45. The van der Waals surface area contributed by atoms with Crippen LogP contribution in [0.25, 0.3) is 0 Å². The lowest BCUT2D eigenvalue weighted by atomic mass is 9.80. The van der Waals surface area contributed by atoms with Crippen molar-refractivity contribution in [3.63, 3.8) is 0 Å². The first-order valence-corrected chi connectivity index (χ1v) is 7.38. The topological polar surface area (TPSA) is 70.2 Å². The van der Waals surface area contributed by atoms with Gasteiger partial charge in [0.15, 0.2) is 0 Å². The number of piperidine rings is 1. The maximum Gasteiger partial charge on any atom is 0.252 e. The first-order chi connectivity index (χ1) is 9.96. The van der Waals surface area contributed by atoms with Gasteiger partial charge in [0.25, 0.3) is 5.91 Å². The van der Waals surface area contributed by atoms with Crippen LogP contribution in [-0.2, 0) is 4.79 Å². The van der Waals surface area contributed by atoms with Crippen molar-refractivity contribution in [2.45, 2.75) is 19.8 Å². The van der Waals surface area contributed by atoms with Crippen LogP contribution in [0.15, 0.2) is 18.2 Å². The second-order valence-electron chi connectivity index (χ2n) is 5.54. The summed E-state index contributed by atoms with van der Waals surface area (Å²) in [5.41, 5.74) is 0.563. The van der Waals surface area contributed by atoms with E-state index in [0.29, 0.717) is 16.3 Å². The number of anilines is 1. The van der Waals surface area contributed by atoms with Crippen LogP contribution in [0, 0.1) is 5.41 Å². The molecule has 0 atom stereocenters. The first-order valence-electron chi connectivity index (χ1n) is 7.00. The molecule has 0 aliphatic carbocycles.